The van der Waals surface area contributed by atoms with E-state index < -0.39 is 9.84 Å². The summed E-state index contributed by atoms with van der Waals surface area (Å²) in [6.45, 7) is 2.06. The first-order valence-corrected chi connectivity index (χ1v) is 11.7. The van der Waals surface area contributed by atoms with Crippen LogP contribution in [-0.4, -0.2) is 53.4 Å². The first-order valence-electron chi connectivity index (χ1n) is 9.82. The van der Waals surface area contributed by atoms with Gasteiger partial charge in [0.2, 0.25) is 5.96 Å². The number of pyridine rings is 1. The van der Waals surface area contributed by atoms with Crippen molar-refractivity contribution in [3.8, 4) is 0 Å². The Labute approximate surface area is 175 Å². The Balaban J connectivity index is 1.45. The largest absolute Gasteiger partial charge is 0.341 e. The van der Waals surface area contributed by atoms with E-state index in [2.05, 4.69) is 15.6 Å². The summed E-state index contributed by atoms with van der Waals surface area (Å²) < 4.78 is 25.6. The lowest BCUT2D eigenvalue weighted by Crippen LogP contribution is -2.43. The Morgan fingerprint density at radius 2 is 2.00 bits per heavy atom. The molecule has 1 aliphatic rings. The van der Waals surface area contributed by atoms with E-state index in [4.69, 9.17) is 10.6 Å². The Morgan fingerprint density at radius 3 is 2.63 bits per heavy atom. The summed E-state index contributed by atoms with van der Waals surface area (Å²) in [5.41, 5.74) is 5.01. The highest BCUT2D eigenvalue weighted by Crippen LogP contribution is 2.28. The fourth-order valence-corrected chi connectivity index (χ4v) is 4.66. The number of piperidine rings is 1. The van der Waals surface area contributed by atoms with Crippen LogP contribution < -0.4 is 5.48 Å². The van der Waals surface area contributed by atoms with Crippen LogP contribution in [0.1, 0.15) is 30.0 Å². The fraction of sp³-hybridized carbons (Fsp3) is 0.333. The van der Waals surface area contributed by atoms with Crippen molar-refractivity contribution in [2.75, 3.05) is 19.3 Å². The van der Waals surface area contributed by atoms with E-state index in [-0.39, 0.29) is 5.96 Å². The predicted molar refractivity (Wildman–Crippen MR) is 115 cm³/mol. The van der Waals surface area contributed by atoms with Gasteiger partial charge in [0.15, 0.2) is 9.84 Å². The Kier molecular flexibility index (Phi) is 5.48. The summed E-state index contributed by atoms with van der Waals surface area (Å²) in [6.07, 6.45) is 6.92. The van der Waals surface area contributed by atoms with Crippen LogP contribution in [0, 0.1) is 5.41 Å². The van der Waals surface area contributed by atoms with Gasteiger partial charge in [0, 0.05) is 42.6 Å². The third-order valence-corrected chi connectivity index (χ3v) is 6.85. The Hall–Kier alpha value is -2.91. The molecule has 1 saturated heterocycles. The summed E-state index contributed by atoms with van der Waals surface area (Å²) >= 11 is 0. The molecule has 0 atom stereocenters. The molecule has 1 aliphatic heterocycles. The van der Waals surface area contributed by atoms with E-state index in [9.17, 15) is 8.42 Å². The molecule has 1 aromatic carbocycles. The second-order valence-electron chi connectivity index (χ2n) is 7.74. The molecule has 3 N–H and O–H groups in total. The average Bonchev–Trinajstić information content (AvgIpc) is 3.15. The van der Waals surface area contributed by atoms with Crippen molar-refractivity contribution in [1.29, 1.82) is 5.41 Å². The van der Waals surface area contributed by atoms with Crippen LogP contribution in [0.4, 0.5) is 0 Å². The van der Waals surface area contributed by atoms with Gasteiger partial charge in [-0.3, -0.25) is 15.6 Å². The number of fused-ring (bicyclic) bond motifs is 1. The third-order valence-electron chi connectivity index (χ3n) is 5.74. The molecular weight excluding hydrogens is 402 g/mol. The molecule has 8 nitrogen and oxygen atoms in total. The summed E-state index contributed by atoms with van der Waals surface area (Å²) in [5, 5.41) is 17.4. The summed E-state index contributed by atoms with van der Waals surface area (Å²) in [4.78, 5) is 6.79. The first-order chi connectivity index (χ1) is 14.3. The predicted octanol–water partition coefficient (Wildman–Crippen LogP) is 2.58. The second-order valence-corrected chi connectivity index (χ2v) is 9.76. The lowest BCUT2D eigenvalue weighted by atomic mass is 9.90. The van der Waals surface area contributed by atoms with Crippen LogP contribution in [-0.2, 0) is 16.4 Å². The quantitative estimate of drug-likeness (QED) is 0.335. The minimum absolute atomic E-state index is 0.0459. The van der Waals surface area contributed by atoms with Crippen molar-refractivity contribution in [2.24, 2.45) is 0 Å². The minimum Gasteiger partial charge on any atom is -0.341 e. The van der Waals surface area contributed by atoms with Gasteiger partial charge in [-0.05, 0) is 54.7 Å². The number of benzene rings is 1. The zero-order chi connectivity index (χ0) is 21.3. The maximum atomic E-state index is 11.8. The molecule has 158 valence electrons. The molecule has 0 bridgehead atoms. The zero-order valence-corrected chi connectivity index (χ0v) is 17.6. The number of nitrogens with one attached hydrogen (secondary N) is 2. The smallest absolute Gasteiger partial charge is 0.215 e. The molecule has 0 aliphatic carbocycles. The van der Waals surface area contributed by atoms with Crippen LogP contribution in [0.15, 0.2) is 53.7 Å². The van der Waals surface area contributed by atoms with Gasteiger partial charge in [0.05, 0.1) is 17.1 Å². The maximum absolute atomic E-state index is 11.8. The standard InChI is InChI=1S/C21H25N5O3S/c1-30(28,29)19-4-5-20-16(12-19)8-11-26(20)14-18-3-2-17(13-23-18)15-6-9-25(10-7-15)21(22)24-27/h2-5,8,11-13,15,27H,6-7,9-10,14H2,1H3,(H2,22,24). The Bertz CT molecular complexity index is 1160. The van der Waals surface area contributed by atoms with E-state index in [1.807, 2.05) is 41.0 Å². The average molecular weight is 428 g/mol. The van der Waals surface area contributed by atoms with Crippen LogP contribution in [0.5, 0.6) is 0 Å². The second kappa shape index (κ2) is 8.08. The van der Waals surface area contributed by atoms with Crippen molar-refractivity contribution in [3.05, 3.63) is 60.0 Å². The monoisotopic (exact) mass is 427 g/mol. The highest BCUT2D eigenvalue weighted by Gasteiger charge is 2.22. The lowest BCUT2D eigenvalue weighted by Gasteiger charge is -2.32. The highest BCUT2D eigenvalue weighted by molar-refractivity contribution is 7.90. The van der Waals surface area contributed by atoms with Crippen LogP contribution in [0.3, 0.4) is 0 Å². The van der Waals surface area contributed by atoms with E-state index in [1.54, 1.807) is 12.1 Å². The molecule has 0 amide bonds. The van der Waals surface area contributed by atoms with E-state index in [0.29, 0.717) is 17.4 Å². The third kappa shape index (κ3) is 4.17. The molecule has 3 aromatic rings. The molecule has 4 rings (SSSR count). The van der Waals surface area contributed by atoms with Crippen LogP contribution in [0.25, 0.3) is 10.9 Å². The molecular formula is C21H25N5O3S. The van der Waals surface area contributed by atoms with Gasteiger partial charge in [-0.25, -0.2) is 13.9 Å². The molecule has 0 unspecified atom stereocenters. The lowest BCUT2D eigenvalue weighted by molar-refractivity contribution is 0.197. The van der Waals surface area contributed by atoms with Gasteiger partial charge in [-0.15, -0.1) is 0 Å². The molecule has 0 saturated carbocycles. The van der Waals surface area contributed by atoms with E-state index >= 15 is 0 Å². The number of sulfone groups is 1. The number of hydroxylamine groups is 1. The molecule has 30 heavy (non-hydrogen) atoms. The summed E-state index contributed by atoms with van der Waals surface area (Å²) in [5.74, 6) is 0.445. The van der Waals surface area contributed by atoms with Gasteiger partial charge in [0.1, 0.15) is 0 Å². The van der Waals surface area contributed by atoms with Crippen LogP contribution >= 0.6 is 0 Å². The molecule has 0 radical (unpaired) electrons. The normalized spacial score (nSPS) is 15.5. The summed E-state index contributed by atoms with van der Waals surface area (Å²) in [6, 6.07) is 11.3. The number of aromatic nitrogens is 2. The fourth-order valence-electron chi connectivity index (χ4n) is 4.00. The zero-order valence-electron chi connectivity index (χ0n) is 16.7. The topological polar surface area (TPSA) is 111 Å². The van der Waals surface area contributed by atoms with E-state index in [1.165, 1.54) is 11.8 Å². The summed E-state index contributed by atoms with van der Waals surface area (Å²) in [7, 11) is -3.22. The SMILES string of the molecule is CS(=O)(=O)c1ccc2c(ccn2Cc2ccc(C3CCN(C(=N)NO)CC3)cn2)c1. The molecule has 2 aromatic heterocycles. The minimum atomic E-state index is -3.22. The molecule has 0 spiro atoms. The highest BCUT2D eigenvalue weighted by atomic mass is 32.2. The molecule has 3 heterocycles. The van der Waals surface area contributed by atoms with Gasteiger partial charge in [-0.2, -0.15) is 0 Å². The van der Waals surface area contributed by atoms with Crippen LogP contribution in [0.2, 0.25) is 0 Å². The first kappa shape index (κ1) is 20.4. The number of likely N-dealkylation sites (tertiary alicyclic amines) is 1. The number of nitrogens with zero attached hydrogens (tertiary/aromatic N) is 3. The van der Waals surface area contributed by atoms with Gasteiger partial charge in [0.25, 0.3) is 0 Å². The van der Waals surface area contributed by atoms with Gasteiger partial charge >= 0.3 is 0 Å². The molecule has 9 heteroatoms. The van der Waals surface area contributed by atoms with Gasteiger partial charge < -0.3 is 9.47 Å². The Morgan fingerprint density at radius 1 is 1.23 bits per heavy atom. The van der Waals surface area contributed by atoms with Crippen molar-refractivity contribution in [2.45, 2.75) is 30.2 Å². The number of rotatable bonds is 4. The number of hydrogen-bond acceptors (Lipinski definition) is 5. The van der Waals surface area contributed by atoms with E-state index in [0.717, 1.165) is 42.5 Å². The van der Waals surface area contributed by atoms with Gasteiger partial charge in [-0.1, -0.05) is 6.07 Å². The van der Waals surface area contributed by atoms with Crippen molar-refractivity contribution in [3.63, 3.8) is 0 Å². The van der Waals surface area contributed by atoms with Crippen molar-refractivity contribution in [1.82, 2.24) is 19.9 Å². The number of hydrogen-bond donors (Lipinski definition) is 3. The molecule has 1 fully saturated rings. The number of guanidine groups is 1. The van der Waals surface area contributed by atoms with Crippen molar-refractivity contribution >= 4 is 26.7 Å². The van der Waals surface area contributed by atoms with Crippen molar-refractivity contribution < 1.29 is 13.6 Å². The maximum Gasteiger partial charge on any atom is 0.215 e.